The molecule has 1 aromatic heterocycles. The van der Waals surface area contributed by atoms with Gasteiger partial charge in [0.2, 0.25) is 5.88 Å². The average molecular weight is 269 g/mol. The number of hydrogen-bond acceptors (Lipinski definition) is 3. The lowest BCUT2D eigenvalue weighted by Crippen LogP contribution is -2.22. The van der Waals surface area contributed by atoms with Crippen molar-refractivity contribution in [2.75, 3.05) is 6.61 Å². The maximum absolute atomic E-state index is 6.09. The standard InChI is InChI=1S/C14H21ClN2O/c1-10(2)7-8-18-14-6-5-12(15)13(17-14)9-16-11(3)4/h5-6,11,16H,1,7-9H2,2-4H3. The normalized spacial score (nSPS) is 10.7. The van der Waals surface area contributed by atoms with E-state index in [4.69, 9.17) is 16.3 Å². The molecule has 0 aliphatic rings. The Balaban J connectivity index is 2.59. The molecule has 0 saturated heterocycles. The zero-order chi connectivity index (χ0) is 13.5. The molecule has 0 saturated carbocycles. The first kappa shape index (κ1) is 15.0. The van der Waals surface area contributed by atoms with Crippen molar-refractivity contribution >= 4 is 11.6 Å². The fourth-order valence-corrected chi connectivity index (χ4v) is 1.47. The smallest absolute Gasteiger partial charge is 0.213 e. The number of pyridine rings is 1. The first-order valence-electron chi connectivity index (χ1n) is 6.15. The molecule has 0 atom stereocenters. The molecule has 18 heavy (non-hydrogen) atoms. The van der Waals surface area contributed by atoms with Crippen LogP contribution in [0.1, 0.15) is 32.9 Å². The van der Waals surface area contributed by atoms with E-state index in [0.717, 1.165) is 17.7 Å². The van der Waals surface area contributed by atoms with Gasteiger partial charge < -0.3 is 10.1 Å². The second-order valence-electron chi connectivity index (χ2n) is 4.67. The summed E-state index contributed by atoms with van der Waals surface area (Å²) in [5.41, 5.74) is 1.92. The summed E-state index contributed by atoms with van der Waals surface area (Å²) < 4.78 is 5.56. The molecular formula is C14H21ClN2O. The second kappa shape index (κ2) is 7.39. The number of rotatable bonds is 7. The minimum Gasteiger partial charge on any atom is -0.477 e. The van der Waals surface area contributed by atoms with Crippen LogP contribution in [0.4, 0.5) is 0 Å². The highest BCUT2D eigenvalue weighted by Crippen LogP contribution is 2.18. The molecule has 0 fully saturated rings. The Morgan fingerprint density at radius 1 is 1.50 bits per heavy atom. The Morgan fingerprint density at radius 3 is 2.83 bits per heavy atom. The number of hydrogen-bond donors (Lipinski definition) is 1. The third-order valence-electron chi connectivity index (χ3n) is 2.35. The van der Waals surface area contributed by atoms with Crippen LogP contribution in [0.3, 0.4) is 0 Å². The third kappa shape index (κ3) is 5.52. The first-order valence-corrected chi connectivity index (χ1v) is 6.53. The fraction of sp³-hybridized carbons (Fsp3) is 0.500. The summed E-state index contributed by atoms with van der Waals surface area (Å²) in [5.74, 6) is 0.612. The molecule has 0 aliphatic heterocycles. The predicted molar refractivity (Wildman–Crippen MR) is 76.1 cm³/mol. The summed E-state index contributed by atoms with van der Waals surface area (Å²) in [6.07, 6.45) is 0.837. The van der Waals surface area contributed by atoms with Gasteiger partial charge >= 0.3 is 0 Å². The number of ether oxygens (including phenoxy) is 1. The van der Waals surface area contributed by atoms with Gasteiger partial charge in [0.15, 0.2) is 0 Å². The van der Waals surface area contributed by atoms with Crippen molar-refractivity contribution in [3.05, 3.63) is 35.0 Å². The maximum Gasteiger partial charge on any atom is 0.213 e. The van der Waals surface area contributed by atoms with Crippen molar-refractivity contribution in [1.82, 2.24) is 10.3 Å². The molecule has 1 heterocycles. The predicted octanol–water partition coefficient (Wildman–Crippen LogP) is 3.58. The van der Waals surface area contributed by atoms with Crippen LogP contribution in [0, 0.1) is 0 Å². The molecule has 0 aliphatic carbocycles. The van der Waals surface area contributed by atoms with Crippen molar-refractivity contribution < 1.29 is 4.74 Å². The van der Waals surface area contributed by atoms with Crippen molar-refractivity contribution in [1.29, 1.82) is 0 Å². The van der Waals surface area contributed by atoms with E-state index in [1.165, 1.54) is 0 Å². The summed E-state index contributed by atoms with van der Waals surface area (Å²) in [4.78, 5) is 4.39. The highest BCUT2D eigenvalue weighted by atomic mass is 35.5. The molecule has 1 aromatic rings. The minimum absolute atomic E-state index is 0.399. The largest absolute Gasteiger partial charge is 0.477 e. The number of nitrogens with zero attached hydrogens (tertiary/aromatic N) is 1. The van der Waals surface area contributed by atoms with Crippen LogP contribution >= 0.6 is 11.6 Å². The Kier molecular flexibility index (Phi) is 6.16. The molecular weight excluding hydrogens is 248 g/mol. The second-order valence-corrected chi connectivity index (χ2v) is 5.08. The zero-order valence-electron chi connectivity index (χ0n) is 11.3. The van der Waals surface area contributed by atoms with Gasteiger partial charge in [0.05, 0.1) is 17.3 Å². The molecule has 0 amide bonds. The Morgan fingerprint density at radius 2 is 2.22 bits per heavy atom. The Bertz CT molecular complexity index is 405. The molecule has 0 radical (unpaired) electrons. The van der Waals surface area contributed by atoms with Crippen molar-refractivity contribution in [2.45, 2.75) is 39.8 Å². The Labute approximate surface area is 114 Å². The van der Waals surface area contributed by atoms with Crippen molar-refractivity contribution in [3.63, 3.8) is 0 Å². The first-order chi connectivity index (χ1) is 8.49. The third-order valence-corrected chi connectivity index (χ3v) is 2.69. The van der Waals surface area contributed by atoms with Gasteiger partial charge in [0.1, 0.15) is 0 Å². The van der Waals surface area contributed by atoms with E-state index in [0.29, 0.717) is 30.1 Å². The highest BCUT2D eigenvalue weighted by molar-refractivity contribution is 6.31. The minimum atomic E-state index is 0.399. The van der Waals surface area contributed by atoms with Crippen LogP contribution in [0.15, 0.2) is 24.3 Å². The lowest BCUT2D eigenvalue weighted by molar-refractivity contribution is 0.308. The summed E-state index contributed by atoms with van der Waals surface area (Å²) in [6.45, 7) is 11.2. The number of aromatic nitrogens is 1. The van der Waals surface area contributed by atoms with E-state index < -0.39 is 0 Å². The quantitative estimate of drug-likeness (QED) is 0.768. The summed E-state index contributed by atoms with van der Waals surface area (Å²) in [7, 11) is 0. The Hall–Kier alpha value is -1.06. The van der Waals surface area contributed by atoms with E-state index >= 15 is 0 Å². The van der Waals surface area contributed by atoms with Gasteiger partial charge in [0.25, 0.3) is 0 Å². The van der Waals surface area contributed by atoms with E-state index in [2.05, 4.69) is 30.7 Å². The number of halogens is 1. The molecule has 0 spiro atoms. The molecule has 0 aromatic carbocycles. The van der Waals surface area contributed by atoms with Crippen LogP contribution in [0.2, 0.25) is 5.02 Å². The van der Waals surface area contributed by atoms with Crippen molar-refractivity contribution in [3.8, 4) is 5.88 Å². The zero-order valence-corrected chi connectivity index (χ0v) is 12.0. The lowest BCUT2D eigenvalue weighted by atomic mass is 10.3. The monoisotopic (exact) mass is 268 g/mol. The van der Waals surface area contributed by atoms with Gasteiger partial charge in [-0.2, -0.15) is 0 Å². The van der Waals surface area contributed by atoms with Gasteiger partial charge in [-0.05, 0) is 13.0 Å². The highest BCUT2D eigenvalue weighted by Gasteiger charge is 2.05. The van der Waals surface area contributed by atoms with Gasteiger partial charge in [-0.15, -0.1) is 6.58 Å². The van der Waals surface area contributed by atoms with Gasteiger partial charge in [-0.3, -0.25) is 0 Å². The van der Waals surface area contributed by atoms with E-state index in [1.807, 2.05) is 13.0 Å². The molecule has 0 unspecified atom stereocenters. The van der Waals surface area contributed by atoms with Gasteiger partial charge in [-0.25, -0.2) is 4.98 Å². The van der Waals surface area contributed by atoms with E-state index in [1.54, 1.807) is 6.07 Å². The molecule has 3 nitrogen and oxygen atoms in total. The van der Waals surface area contributed by atoms with Crippen LogP contribution < -0.4 is 10.1 Å². The van der Waals surface area contributed by atoms with Crippen LogP contribution in [0.5, 0.6) is 5.88 Å². The summed E-state index contributed by atoms with van der Waals surface area (Å²) >= 11 is 6.09. The molecule has 0 bridgehead atoms. The van der Waals surface area contributed by atoms with Crippen LogP contribution in [-0.4, -0.2) is 17.6 Å². The average Bonchev–Trinajstić information content (AvgIpc) is 2.29. The molecule has 4 heteroatoms. The fourth-order valence-electron chi connectivity index (χ4n) is 1.30. The topological polar surface area (TPSA) is 34.1 Å². The molecule has 100 valence electrons. The van der Waals surface area contributed by atoms with Crippen molar-refractivity contribution in [2.24, 2.45) is 0 Å². The van der Waals surface area contributed by atoms with Gasteiger partial charge in [-0.1, -0.05) is 31.0 Å². The van der Waals surface area contributed by atoms with Crippen LogP contribution in [-0.2, 0) is 6.54 Å². The van der Waals surface area contributed by atoms with E-state index in [9.17, 15) is 0 Å². The van der Waals surface area contributed by atoms with E-state index in [-0.39, 0.29) is 0 Å². The summed E-state index contributed by atoms with van der Waals surface area (Å²) in [5, 5.41) is 3.95. The SMILES string of the molecule is C=C(C)CCOc1ccc(Cl)c(CNC(C)C)n1. The maximum atomic E-state index is 6.09. The lowest BCUT2D eigenvalue weighted by Gasteiger charge is -2.11. The molecule has 1 rings (SSSR count). The van der Waals surface area contributed by atoms with Crippen LogP contribution in [0.25, 0.3) is 0 Å². The van der Waals surface area contributed by atoms with Gasteiger partial charge in [0, 0.05) is 25.1 Å². The number of nitrogens with one attached hydrogen (secondary N) is 1. The summed E-state index contributed by atoms with van der Waals surface area (Å²) in [6, 6.07) is 4.01. The molecule has 1 N–H and O–H groups in total.